The van der Waals surface area contributed by atoms with Gasteiger partial charge in [-0.3, -0.25) is 9.11 Å². The summed E-state index contributed by atoms with van der Waals surface area (Å²) in [6.45, 7) is 0. The zero-order chi connectivity index (χ0) is 20.2. The summed E-state index contributed by atoms with van der Waals surface area (Å²) < 4.78 is 60.3. The molecule has 0 aromatic heterocycles. The van der Waals surface area contributed by atoms with Crippen LogP contribution in [0.25, 0.3) is 0 Å². The average Bonchev–Trinajstić information content (AvgIpc) is 2.58. The molecule has 27 heavy (non-hydrogen) atoms. The van der Waals surface area contributed by atoms with Gasteiger partial charge in [0.15, 0.2) is 0 Å². The van der Waals surface area contributed by atoms with Gasteiger partial charge in [-0.05, 0) is 53.5 Å². The van der Waals surface area contributed by atoms with Gasteiger partial charge in [-0.15, -0.1) is 0 Å². The van der Waals surface area contributed by atoms with Crippen LogP contribution in [0.1, 0.15) is 12.8 Å². The van der Waals surface area contributed by atoms with Crippen LogP contribution in [0.5, 0.6) is 0 Å². The van der Waals surface area contributed by atoms with Gasteiger partial charge in [0.2, 0.25) is 0 Å². The van der Waals surface area contributed by atoms with Crippen LogP contribution in [-0.2, 0) is 20.2 Å². The summed E-state index contributed by atoms with van der Waals surface area (Å²) in [5, 5.41) is 1.34. The molecule has 156 valence electrons. The van der Waals surface area contributed by atoms with Gasteiger partial charge < -0.3 is 0 Å². The van der Waals surface area contributed by atoms with E-state index in [0.29, 0.717) is 24.3 Å². The Bertz CT molecular complexity index is 681. The van der Waals surface area contributed by atoms with Gasteiger partial charge in [-0.1, -0.05) is 38.3 Å². The zero-order valence-corrected chi connectivity index (χ0v) is 19.2. The molecule has 0 aliphatic heterocycles. The molecule has 0 radical (unpaired) electrons. The topological polar surface area (TPSA) is 109 Å². The first kappa shape index (κ1) is 25.2. The first-order valence-electron chi connectivity index (χ1n) is 8.53. The molecule has 2 N–H and O–H groups in total. The summed E-state index contributed by atoms with van der Waals surface area (Å²) in [5.74, 6) is 2.94. The predicted molar refractivity (Wildman–Crippen MR) is 119 cm³/mol. The Kier molecular flexibility index (Phi) is 12.5. The summed E-state index contributed by atoms with van der Waals surface area (Å²) >= 11 is 3.41. The van der Waals surface area contributed by atoms with Crippen molar-refractivity contribution in [3.8, 4) is 0 Å². The fourth-order valence-electron chi connectivity index (χ4n) is 2.25. The van der Waals surface area contributed by atoms with Crippen molar-refractivity contribution in [2.24, 2.45) is 0 Å². The molecule has 0 saturated heterocycles. The molecule has 1 aromatic carbocycles. The smallest absolute Gasteiger partial charge is 0.264 e. The summed E-state index contributed by atoms with van der Waals surface area (Å²) in [6.07, 6.45) is 3.00. The number of benzene rings is 1. The van der Waals surface area contributed by atoms with Crippen molar-refractivity contribution in [3.05, 3.63) is 30.3 Å². The number of hydrogen-bond donors (Lipinski definition) is 2. The molecule has 0 aliphatic rings. The molecular weight excluding hydrogens is 447 g/mol. The molecule has 1 rings (SSSR count). The van der Waals surface area contributed by atoms with E-state index in [2.05, 4.69) is 12.1 Å². The van der Waals surface area contributed by atoms with E-state index in [1.165, 1.54) is 5.30 Å². The predicted octanol–water partition coefficient (Wildman–Crippen LogP) is 2.82. The SMILES string of the molecule is O=S(=O)(O)CCCSCCP(CCSCCCS(=O)(=O)O)c1ccccc1. The number of hydrogen-bond acceptors (Lipinski definition) is 6. The maximum atomic E-state index is 10.7. The van der Waals surface area contributed by atoms with Crippen molar-refractivity contribution >= 4 is 57.0 Å². The summed E-state index contributed by atoms with van der Waals surface area (Å²) in [6, 6.07) is 10.3. The molecule has 0 unspecified atom stereocenters. The molecular formula is C16H27O6PS4. The third kappa shape index (κ3) is 14.8. The Morgan fingerprint density at radius 2 is 1.19 bits per heavy atom. The van der Waals surface area contributed by atoms with Gasteiger partial charge in [0, 0.05) is 0 Å². The largest absolute Gasteiger partial charge is 0.286 e. The zero-order valence-electron chi connectivity index (χ0n) is 15.1. The normalized spacial score (nSPS) is 12.6. The van der Waals surface area contributed by atoms with Crippen molar-refractivity contribution in [1.29, 1.82) is 0 Å². The number of thioether (sulfide) groups is 2. The van der Waals surface area contributed by atoms with Gasteiger partial charge in [-0.25, -0.2) is 0 Å². The molecule has 11 heteroatoms. The van der Waals surface area contributed by atoms with E-state index in [-0.39, 0.29) is 19.4 Å². The van der Waals surface area contributed by atoms with E-state index < -0.39 is 20.2 Å². The molecule has 0 saturated carbocycles. The molecule has 0 bridgehead atoms. The van der Waals surface area contributed by atoms with E-state index in [0.717, 1.165) is 23.8 Å². The molecule has 0 atom stereocenters. The van der Waals surface area contributed by atoms with E-state index in [4.69, 9.17) is 9.11 Å². The molecule has 0 heterocycles. The first-order chi connectivity index (χ1) is 12.7. The maximum absolute atomic E-state index is 10.7. The first-order valence-corrected chi connectivity index (χ1v) is 15.8. The van der Waals surface area contributed by atoms with Crippen LogP contribution in [0.4, 0.5) is 0 Å². The van der Waals surface area contributed by atoms with Crippen LogP contribution in [0.15, 0.2) is 30.3 Å². The number of rotatable bonds is 15. The van der Waals surface area contributed by atoms with Crippen LogP contribution in [-0.4, -0.2) is 72.8 Å². The van der Waals surface area contributed by atoms with E-state index in [1.807, 2.05) is 18.2 Å². The van der Waals surface area contributed by atoms with Crippen molar-refractivity contribution < 1.29 is 25.9 Å². The van der Waals surface area contributed by atoms with Crippen LogP contribution in [0, 0.1) is 0 Å². The van der Waals surface area contributed by atoms with Gasteiger partial charge in [-0.2, -0.15) is 40.4 Å². The molecule has 0 amide bonds. The van der Waals surface area contributed by atoms with Crippen LogP contribution in [0.2, 0.25) is 0 Å². The quantitative estimate of drug-likeness (QED) is 0.227. The van der Waals surface area contributed by atoms with Gasteiger partial charge >= 0.3 is 0 Å². The fourth-order valence-corrected chi connectivity index (χ4v) is 8.87. The average molecular weight is 475 g/mol. The van der Waals surface area contributed by atoms with Crippen LogP contribution >= 0.6 is 31.4 Å². The third-order valence-electron chi connectivity index (χ3n) is 3.51. The van der Waals surface area contributed by atoms with E-state index in [9.17, 15) is 16.8 Å². The third-order valence-corrected chi connectivity index (χ3v) is 10.4. The highest BCUT2D eigenvalue weighted by Crippen LogP contribution is 2.36. The highest BCUT2D eigenvalue weighted by Gasteiger charge is 2.11. The van der Waals surface area contributed by atoms with Crippen molar-refractivity contribution in [2.45, 2.75) is 12.8 Å². The van der Waals surface area contributed by atoms with Gasteiger partial charge in [0.05, 0.1) is 11.5 Å². The molecule has 0 spiro atoms. The minimum atomic E-state index is -3.87. The van der Waals surface area contributed by atoms with Gasteiger partial charge in [0.1, 0.15) is 0 Å². The monoisotopic (exact) mass is 474 g/mol. The summed E-state index contributed by atoms with van der Waals surface area (Å²) in [4.78, 5) is 0. The Morgan fingerprint density at radius 1 is 0.741 bits per heavy atom. The second kappa shape index (κ2) is 13.4. The van der Waals surface area contributed by atoms with Crippen molar-refractivity contribution in [2.75, 3.05) is 46.8 Å². The Morgan fingerprint density at radius 3 is 1.59 bits per heavy atom. The Hall–Kier alpha value is 0.170. The van der Waals surface area contributed by atoms with Gasteiger partial charge in [0.25, 0.3) is 20.2 Å². The lowest BCUT2D eigenvalue weighted by Gasteiger charge is -2.18. The van der Waals surface area contributed by atoms with E-state index in [1.54, 1.807) is 23.5 Å². The standard InChI is InChI=1S/C16H27O6PS4/c17-26(18,19)14-4-10-24-12-8-23(16-6-2-1-3-7-16)9-13-25-11-5-15-27(20,21)22/h1-3,6-7H,4-5,8-15H2,(H,17,18,19)(H,20,21,22). The lowest BCUT2D eigenvalue weighted by molar-refractivity contribution is 0.480. The molecule has 0 aliphatic carbocycles. The highest BCUT2D eigenvalue weighted by atomic mass is 32.2. The molecule has 0 fully saturated rings. The molecule has 6 nitrogen and oxygen atoms in total. The Labute approximate surface area is 172 Å². The van der Waals surface area contributed by atoms with E-state index >= 15 is 0 Å². The van der Waals surface area contributed by atoms with Crippen molar-refractivity contribution in [1.82, 2.24) is 0 Å². The minimum Gasteiger partial charge on any atom is -0.286 e. The lowest BCUT2D eigenvalue weighted by atomic mass is 10.4. The maximum Gasteiger partial charge on any atom is 0.264 e. The second-order valence-corrected chi connectivity index (χ2v) is 13.9. The van der Waals surface area contributed by atoms with Crippen molar-refractivity contribution in [3.63, 3.8) is 0 Å². The summed E-state index contributed by atoms with van der Waals surface area (Å²) in [7, 11) is -8.05. The van der Waals surface area contributed by atoms with Crippen LogP contribution in [0.3, 0.4) is 0 Å². The summed E-state index contributed by atoms with van der Waals surface area (Å²) in [5.41, 5.74) is 0. The second-order valence-electron chi connectivity index (χ2n) is 5.83. The lowest BCUT2D eigenvalue weighted by Crippen LogP contribution is -2.10. The Balaban J connectivity index is 2.32. The fraction of sp³-hybridized carbons (Fsp3) is 0.625. The highest BCUT2D eigenvalue weighted by molar-refractivity contribution is 8.00. The van der Waals surface area contributed by atoms with Crippen LogP contribution < -0.4 is 5.30 Å². The molecule has 1 aromatic rings. The minimum absolute atomic E-state index is 0.187.